The highest BCUT2D eigenvalue weighted by atomic mass is 32.2. The van der Waals surface area contributed by atoms with Crippen molar-refractivity contribution < 1.29 is 0 Å². The van der Waals surface area contributed by atoms with E-state index < -0.39 is 0 Å². The fraction of sp³-hybridized carbons (Fsp3) is 0.222. The van der Waals surface area contributed by atoms with Gasteiger partial charge in [0.25, 0.3) is 0 Å². The first kappa shape index (κ1) is 14.9. The number of aryl methyl sites for hydroxylation is 2. The molecule has 1 atom stereocenters. The third kappa shape index (κ3) is 2.92. The van der Waals surface area contributed by atoms with Gasteiger partial charge in [0.2, 0.25) is 0 Å². The zero-order valence-corrected chi connectivity index (χ0v) is 13.8. The zero-order chi connectivity index (χ0) is 15.5. The molecule has 0 aliphatic rings. The Morgan fingerprint density at radius 1 is 0.909 bits per heavy atom. The summed E-state index contributed by atoms with van der Waals surface area (Å²) < 4.78 is 2.14. The Morgan fingerprint density at radius 2 is 1.59 bits per heavy atom. The van der Waals surface area contributed by atoms with E-state index in [0.29, 0.717) is 5.25 Å². The first-order valence-electron chi connectivity index (χ1n) is 7.36. The molecule has 0 saturated carbocycles. The van der Waals surface area contributed by atoms with E-state index >= 15 is 0 Å². The number of benzene rings is 2. The third-order valence-corrected chi connectivity index (χ3v) is 4.80. The van der Waals surface area contributed by atoms with Crippen LogP contribution in [0.5, 0.6) is 0 Å². The summed E-state index contributed by atoms with van der Waals surface area (Å²) in [7, 11) is 0. The molecule has 0 fully saturated rings. The Kier molecular flexibility index (Phi) is 4.29. The molecule has 0 N–H and O–H groups in total. The van der Waals surface area contributed by atoms with E-state index in [1.54, 1.807) is 11.8 Å². The molecular weight excluding hydrogens is 290 g/mol. The molecule has 0 amide bonds. The molecular formula is C18H19N3S. The van der Waals surface area contributed by atoms with Crippen LogP contribution in [-0.2, 0) is 0 Å². The van der Waals surface area contributed by atoms with Crippen LogP contribution in [0.15, 0.2) is 59.8 Å². The molecule has 0 bridgehead atoms. The highest BCUT2D eigenvalue weighted by Crippen LogP contribution is 2.35. The second-order valence-corrected chi connectivity index (χ2v) is 6.63. The van der Waals surface area contributed by atoms with E-state index in [9.17, 15) is 0 Å². The molecule has 22 heavy (non-hydrogen) atoms. The van der Waals surface area contributed by atoms with Gasteiger partial charge in [-0.2, -0.15) is 0 Å². The van der Waals surface area contributed by atoms with E-state index in [-0.39, 0.29) is 0 Å². The number of nitrogens with zero attached hydrogens (tertiary/aromatic N) is 3. The second-order valence-electron chi connectivity index (χ2n) is 5.32. The first-order valence-corrected chi connectivity index (χ1v) is 8.24. The Labute approximate surface area is 135 Å². The van der Waals surface area contributed by atoms with Crippen LogP contribution in [0.4, 0.5) is 0 Å². The van der Waals surface area contributed by atoms with E-state index in [1.807, 2.05) is 13.0 Å². The number of hydrogen-bond acceptors (Lipinski definition) is 3. The van der Waals surface area contributed by atoms with Crippen molar-refractivity contribution >= 4 is 11.8 Å². The fourth-order valence-electron chi connectivity index (χ4n) is 2.46. The molecule has 0 aliphatic carbocycles. The van der Waals surface area contributed by atoms with Crippen LogP contribution in [-0.4, -0.2) is 14.8 Å². The Morgan fingerprint density at radius 3 is 2.32 bits per heavy atom. The topological polar surface area (TPSA) is 30.7 Å². The molecule has 1 unspecified atom stereocenters. The molecule has 112 valence electrons. The van der Waals surface area contributed by atoms with Crippen LogP contribution in [0.3, 0.4) is 0 Å². The van der Waals surface area contributed by atoms with Gasteiger partial charge in [-0.05, 0) is 38.0 Å². The van der Waals surface area contributed by atoms with Gasteiger partial charge in [0.15, 0.2) is 5.16 Å². The molecule has 2 aromatic carbocycles. The number of rotatable bonds is 4. The maximum absolute atomic E-state index is 4.37. The lowest BCUT2D eigenvalue weighted by Gasteiger charge is -2.14. The minimum Gasteiger partial charge on any atom is -0.274 e. The van der Waals surface area contributed by atoms with E-state index in [1.165, 1.54) is 11.1 Å². The van der Waals surface area contributed by atoms with Crippen LogP contribution >= 0.6 is 11.8 Å². The average molecular weight is 309 g/mol. The maximum Gasteiger partial charge on any atom is 0.196 e. The van der Waals surface area contributed by atoms with Crippen LogP contribution in [0.2, 0.25) is 0 Å². The summed E-state index contributed by atoms with van der Waals surface area (Å²) in [4.78, 5) is 0. The van der Waals surface area contributed by atoms with Crippen molar-refractivity contribution in [1.82, 2.24) is 14.8 Å². The average Bonchev–Trinajstić information content (AvgIpc) is 2.89. The van der Waals surface area contributed by atoms with Gasteiger partial charge in [-0.25, -0.2) is 0 Å². The summed E-state index contributed by atoms with van der Waals surface area (Å²) >= 11 is 1.74. The van der Waals surface area contributed by atoms with E-state index in [2.05, 4.69) is 77.1 Å². The molecule has 3 aromatic rings. The standard InChI is InChI=1S/C18H19N3S/c1-13-9-7-8-12-17(13)21-15(3)19-20-18(21)22-14(2)16-10-5-4-6-11-16/h4-12,14H,1-3H3. The number of aromatic nitrogens is 3. The van der Waals surface area contributed by atoms with E-state index in [0.717, 1.165) is 16.7 Å². The van der Waals surface area contributed by atoms with Gasteiger partial charge in [0, 0.05) is 5.25 Å². The minimum absolute atomic E-state index is 0.326. The normalized spacial score (nSPS) is 12.3. The van der Waals surface area contributed by atoms with E-state index in [4.69, 9.17) is 0 Å². The van der Waals surface area contributed by atoms with Crippen molar-refractivity contribution in [3.05, 3.63) is 71.5 Å². The summed E-state index contributed by atoms with van der Waals surface area (Å²) in [5.74, 6) is 0.914. The SMILES string of the molecule is Cc1ccccc1-n1c(C)nnc1SC(C)c1ccccc1. The van der Waals surface area contributed by atoms with Gasteiger partial charge < -0.3 is 0 Å². The van der Waals surface area contributed by atoms with Crippen molar-refractivity contribution in [2.45, 2.75) is 31.2 Å². The molecule has 0 radical (unpaired) electrons. The van der Waals surface area contributed by atoms with Gasteiger partial charge in [0.1, 0.15) is 5.82 Å². The smallest absolute Gasteiger partial charge is 0.196 e. The third-order valence-electron chi connectivity index (χ3n) is 3.70. The number of para-hydroxylation sites is 1. The van der Waals surface area contributed by atoms with Gasteiger partial charge in [-0.15, -0.1) is 10.2 Å². The van der Waals surface area contributed by atoms with Gasteiger partial charge in [-0.1, -0.05) is 60.3 Å². The highest BCUT2D eigenvalue weighted by Gasteiger charge is 2.16. The second kappa shape index (κ2) is 6.36. The lowest BCUT2D eigenvalue weighted by atomic mass is 10.2. The Bertz CT molecular complexity index is 765. The summed E-state index contributed by atoms with van der Waals surface area (Å²) in [5.41, 5.74) is 3.66. The lowest BCUT2D eigenvalue weighted by Crippen LogP contribution is -2.02. The summed E-state index contributed by atoms with van der Waals surface area (Å²) in [6, 6.07) is 18.8. The largest absolute Gasteiger partial charge is 0.274 e. The van der Waals surface area contributed by atoms with Crippen LogP contribution < -0.4 is 0 Å². The van der Waals surface area contributed by atoms with Crippen LogP contribution in [0.1, 0.15) is 29.1 Å². The lowest BCUT2D eigenvalue weighted by molar-refractivity contribution is 0.856. The van der Waals surface area contributed by atoms with Crippen molar-refractivity contribution in [3.8, 4) is 5.69 Å². The quantitative estimate of drug-likeness (QED) is 0.652. The highest BCUT2D eigenvalue weighted by molar-refractivity contribution is 7.99. The molecule has 0 aliphatic heterocycles. The predicted molar refractivity (Wildman–Crippen MR) is 91.5 cm³/mol. The monoisotopic (exact) mass is 309 g/mol. The van der Waals surface area contributed by atoms with Crippen molar-refractivity contribution in [2.75, 3.05) is 0 Å². The Balaban J connectivity index is 1.95. The van der Waals surface area contributed by atoms with Crippen molar-refractivity contribution in [2.24, 2.45) is 0 Å². The summed E-state index contributed by atoms with van der Waals surface area (Å²) in [5, 5.41) is 9.91. The molecule has 3 nitrogen and oxygen atoms in total. The Hall–Kier alpha value is -2.07. The molecule has 1 heterocycles. The maximum atomic E-state index is 4.37. The summed E-state index contributed by atoms with van der Waals surface area (Å²) in [6.45, 7) is 6.31. The van der Waals surface area contributed by atoms with Gasteiger partial charge >= 0.3 is 0 Å². The van der Waals surface area contributed by atoms with Crippen molar-refractivity contribution in [3.63, 3.8) is 0 Å². The summed E-state index contributed by atoms with van der Waals surface area (Å²) in [6.07, 6.45) is 0. The van der Waals surface area contributed by atoms with Crippen LogP contribution in [0, 0.1) is 13.8 Å². The molecule has 0 spiro atoms. The number of thioether (sulfide) groups is 1. The van der Waals surface area contributed by atoms with Gasteiger partial charge in [-0.3, -0.25) is 4.57 Å². The fourth-order valence-corrected chi connectivity index (χ4v) is 3.49. The predicted octanol–water partition coefficient (Wildman–Crippen LogP) is 4.74. The molecule has 4 heteroatoms. The van der Waals surface area contributed by atoms with Gasteiger partial charge in [0.05, 0.1) is 5.69 Å². The first-order chi connectivity index (χ1) is 10.7. The van der Waals surface area contributed by atoms with Crippen LogP contribution in [0.25, 0.3) is 5.69 Å². The zero-order valence-electron chi connectivity index (χ0n) is 13.0. The number of hydrogen-bond donors (Lipinski definition) is 0. The molecule has 1 aromatic heterocycles. The van der Waals surface area contributed by atoms with Crippen molar-refractivity contribution in [1.29, 1.82) is 0 Å². The molecule has 3 rings (SSSR count). The molecule has 0 saturated heterocycles. The minimum atomic E-state index is 0.326.